The lowest BCUT2D eigenvalue weighted by molar-refractivity contribution is -0.131. The van der Waals surface area contributed by atoms with E-state index >= 15 is 0 Å². The molecule has 0 fully saturated rings. The van der Waals surface area contributed by atoms with Crippen molar-refractivity contribution in [3.8, 4) is 0 Å². The van der Waals surface area contributed by atoms with Gasteiger partial charge in [-0.25, -0.2) is 9.90 Å². The first kappa shape index (κ1) is 14.5. The van der Waals surface area contributed by atoms with E-state index in [2.05, 4.69) is 4.74 Å². The molecule has 3 radical (unpaired) electrons. The van der Waals surface area contributed by atoms with Crippen molar-refractivity contribution in [2.24, 2.45) is 0 Å². The molecule has 13 heavy (non-hydrogen) atoms. The summed E-state index contributed by atoms with van der Waals surface area (Å²) >= 11 is 0. The van der Waals surface area contributed by atoms with Crippen molar-refractivity contribution in [1.29, 1.82) is 0 Å². The van der Waals surface area contributed by atoms with Crippen molar-refractivity contribution < 1.29 is 19.7 Å². The third kappa shape index (κ3) is 24.8. The molecule has 0 aliphatic rings. The van der Waals surface area contributed by atoms with Gasteiger partial charge in [0.25, 0.3) is 0 Å². The van der Waals surface area contributed by atoms with Gasteiger partial charge in [0, 0.05) is 0 Å². The van der Waals surface area contributed by atoms with Crippen LogP contribution < -0.4 is 0 Å². The van der Waals surface area contributed by atoms with E-state index in [-0.39, 0.29) is 6.61 Å². The zero-order valence-electron chi connectivity index (χ0n) is 7.90. The number of carboxylic acid groups (broad SMARTS) is 1. The fourth-order valence-electron chi connectivity index (χ4n) is 0.258. The molecule has 0 amide bonds. The summed E-state index contributed by atoms with van der Waals surface area (Å²) in [5.41, 5.74) is 0. The monoisotopic (exact) mass is 187 g/mol. The third-order valence-electron chi connectivity index (χ3n) is 0.736. The van der Waals surface area contributed by atoms with Gasteiger partial charge in [-0.05, 0) is 12.8 Å². The molecule has 0 spiro atoms. The van der Waals surface area contributed by atoms with Gasteiger partial charge in [-0.1, -0.05) is 13.8 Å². The van der Waals surface area contributed by atoms with E-state index in [0.29, 0.717) is 6.61 Å². The van der Waals surface area contributed by atoms with Gasteiger partial charge in [0.05, 0.1) is 25.6 Å². The summed E-state index contributed by atoms with van der Waals surface area (Å²) in [4.78, 5) is 9.79. The first-order valence-corrected chi connectivity index (χ1v) is 3.83. The molecule has 0 unspecified atom stereocenters. The summed E-state index contributed by atoms with van der Waals surface area (Å²) in [6, 6.07) is 0. The fraction of sp³-hybridized carbons (Fsp3) is 0.444. The van der Waals surface area contributed by atoms with E-state index < -0.39 is 5.97 Å². The summed E-state index contributed by atoms with van der Waals surface area (Å²) in [5.74, 6) is -0.994. The lowest BCUT2D eigenvalue weighted by Crippen LogP contribution is -1.89. The molecule has 0 atom stereocenters. The molecule has 0 aromatic heterocycles. The van der Waals surface area contributed by atoms with Crippen molar-refractivity contribution in [3.05, 3.63) is 25.2 Å². The molecule has 0 saturated heterocycles. The second-order valence-electron chi connectivity index (χ2n) is 1.96. The summed E-state index contributed by atoms with van der Waals surface area (Å²) in [5, 5.41) is 17.3. The molecule has 0 aliphatic carbocycles. The van der Waals surface area contributed by atoms with Crippen LogP contribution in [0.4, 0.5) is 0 Å². The Morgan fingerprint density at radius 3 is 2.23 bits per heavy atom. The number of ether oxygens (including phenoxy) is 1. The van der Waals surface area contributed by atoms with Crippen LogP contribution in [0.2, 0.25) is 0 Å². The largest absolute Gasteiger partial charge is 0.501 e. The maximum atomic E-state index is 9.79. The Labute approximate surface area is 78.8 Å². The second kappa shape index (κ2) is 13.6. The fourth-order valence-corrected chi connectivity index (χ4v) is 0.258. The van der Waals surface area contributed by atoms with Crippen molar-refractivity contribution in [2.45, 2.75) is 13.8 Å². The van der Waals surface area contributed by atoms with E-state index in [9.17, 15) is 9.90 Å². The number of aliphatic carboxylic acids is 1. The van der Waals surface area contributed by atoms with Crippen LogP contribution in [0.3, 0.4) is 0 Å². The number of carboxylic acids is 1. The Morgan fingerprint density at radius 2 is 1.92 bits per heavy atom. The minimum atomic E-state index is -0.994. The summed E-state index contributed by atoms with van der Waals surface area (Å²) < 4.78 is 4.68. The SMILES string of the molecule is C[CH]COC=CC(=O)O.C[CH]C[O]. The average molecular weight is 187 g/mol. The molecule has 4 heteroatoms. The first-order valence-electron chi connectivity index (χ1n) is 3.83. The molecule has 75 valence electrons. The van der Waals surface area contributed by atoms with E-state index in [1.165, 1.54) is 0 Å². The predicted octanol–water partition coefficient (Wildman–Crippen LogP) is 1.47. The van der Waals surface area contributed by atoms with E-state index in [1.807, 2.05) is 6.92 Å². The molecule has 0 aromatic carbocycles. The van der Waals surface area contributed by atoms with Crippen molar-refractivity contribution in [1.82, 2.24) is 0 Å². The number of rotatable bonds is 5. The Kier molecular flexibility index (Phi) is 15.1. The first-order chi connectivity index (χ1) is 6.18. The normalized spacial score (nSPS) is 9.15. The van der Waals surface area contributed by atoms with Crippen LogP contribution in [0.15, 0.2) is 12.3 Å². The van der Waals surface area contributed by atoms with Gasteiger partial charge in [0.1, 0.15) is 0 Å². The van der Waals surface area contributed by atoms with Crippen LogP contribution in [-0.2, 0) is 14.6 Å². The van der Waals surface area contributed by atoms with Gasteiger partial charge in [-0.3, -0.25) is 0 Å². The quantitative estimate of drug-likeness (QED) is 0.402. The van der Waals surface area contributed by atoms with Crippen LogP contribution in [0.1, 0.15) is 13.8 Å². The predicted molar refractivity (Wildman–Crippen MR) is 48.2 cm³/mol. The highest BCUT2D eigenvalue weighted by Crippen LogP contribution is 1.79. The molecule has 1 N–H and O–H groups in total. The highest BCUT2D eigenvalue weighted by molar-refractivity contribution is 5.79. The standard InChI is InChI=1S/C6H9O3.C3H6O/c1-2-4-9-5-3-6(7)8;1-2-3-4/h2-3,5H,4H2,1H3,(H,7,8);2H,3H2,1H3. The van der Waals surface area contributed by atoms with Gasteiger partial charge in [0.15, 0.2) is 0 Å². The number of hydrogen-bond donors (Lipinski definition) is 1. The maximum absolute atomic E-state index is 9.79. The highest BCUT2D eigenvalue weighted by Gasteiger charge is 1.82. The van der Waals surface area contributed by atoms with Crippen LogP contribution in [-0.4, -0.2) is 24.3 Å². The molecule has 0 aliphatic heterocycles. The van der Waals surface area contributed by atoms with E-state index in [0.717, 1.165) is 12.3 Å². The van der Waals surface area contributed by atoms with Gasteiger partial charge < -0.3 is 9.84 Å². The van der Waals surface area contributed by atoms with Gasteiger partial charge >= 0.3 is 5.97 Å². The van der Waals surface area contributed by atoms with Gasteiger partial charge in [-0.15, -0.1) is 0 Å². The molecule has 0 saturated carbocycles. The lowest BCUT2D eigenvalue weighted by Gasteiger charge is -1.92. The summed E-state index contributed by atoms with van der Waals surface area (Å²) in [6.45, 7) is 3.96. The molecular formula is C9H15O4. The molecule has 4 nitrogen and oxygen atoms in total. The maximum Gasteiger partial charge on any atom is 0.331 e. The Balaban J connectivity index is 0. The number of hydrogen-bond acceptors (Lipinski definition) is 2. The van der Waals surface area contributed by atoms with Crippen LogP contribution in [0, 0.1) is 12.8 Å². The van der Waals surface area contributed by atoms with E-state index in [4.69, 9.17) is 5.11 Å². The van der Waals surface area contributed by atoms with Crippen molar-refractivity contribution >= 4 is 5.97 Å². The van der Waals surface area contributed by atoms with Crippen LogP contribution in [0.5, 0.6) is 0 Å². The van der Waals surface area contributed by atoms with E-state index in [1.54, 1.807) is 19.8 Å². The summed E-state index contributed by atoms with van der Waals surface area (Å²) in [6.07, 6.45) is 5.46. The topological polar surface area (TPSA) is 66.4 Å². The molecule has 0 bridgehead atoms. The second-order valence-corrected chi connectivity index (χ2v) is 1.96. The van der Waals surface area contributed by atoms with Crippen molar-refractivity contribution in [3.63, 3.8) is 0 Å². The lowest BCUT2D eigenvalue weighted by atomic mass is 10.5. The van der Waals surface area contributed by atoms with Crippen LogP contribution in [0.25, 0.3) is 0 Å². The highest BCUT2D eigenvalue weighted by atomic mass is 16.5. The molecule has 0 rings (SSSR count). The molecule has 0 heterocycles. The number of carbonyl (C=O) groups is 1. The minimum Gasteiger partial charge on any atom is -0.501 e. The molecular weight excluding hydrogens is 172 g/mol. The summed E-state index contributed by atoms with van der Waals surface area (Å²) in [7, 11) is 0. The Bertz CT molecular complexity index is 130. The third-order valence-corrected chi connectivity index (χ3v) is 0.736. The van der Waals surface area contributed by atoms with Gasteiger partial charge in [-0.2, -0.15) is 0 Å². The molecule has 0 aromatic rings. The van der Waals surface area contributed by atoms with Gasteiger partial charge in [0.2, 0.25) is 0 Å². The Morgan fingerprint density at radius 1 is 1.38 bits per heavy atom. The zero-order chi connectivity index (χ0) is 10.5. The Hall–Kier alpha value is -1.03. The van der Waals surface area contributed by atoms with Crippen LogP contribution >= 0.6 is 0 Å². The zero-order valence-corrected chi connectivity index (χ0v) is 7.90. The van der Waals surface area contributed by atoms with Crippen molar-refractivity contribution in [2.75, 3.05) is 13.2 Å². The smallest absolute Gasteiger partial charge is 0.331 e. The minimum absolute atomic E-state index is 0.0556. The average Bonchev–Trinajstić information content (AvgIpc) is 2.13.